The first-order valence-electron chi connectivity index (χ1n) is 12.4. The maximum Gasteiger partial charge on any atom is 0.265 e. The summed E-state index contributed by atoms with van der Waals surface area (Å²) >= 11 is 3.45. The molecule has 7 heteroatoms. The van der Waals surface area contributed by atoms with E-state index in [9.17, 15) is 9.59 Å². The third-order valence-electron chi connectivity index (χ3n) is 6.27. The van der Waals surface area contributed by atoms with Gasteiger partial charge in [-0.25, -0.2) is 4.98 Å². The van der Waals surface area contributed by atoms with Crippen LogP contribution in [0.3, 0.4) is 0 Å². The zero-order valence-electron chi connectivity index (χ0n) is 20.5. The Morgan fingerprint density at radius 3 is 2.46 bits per heavy atom. The van der Waals surface area contributed by atoms with E-state index in [1.807, 2.05) is 91.9 Å². The van der Waals surface area contributed by atoms with Crippen LogP contribution < -0.4 is 11.0 Å². The minimum atomic E-state index is -0.122. The number of aromatic nitrogens is 2. The second-order valence-electron chi connectivity index (χ2n) is 8.88. The topological polar surface area (TPSA) is 67.2 Å². The molecule has 5 aromatic rings. The number of amides is 1. The number of fused-ring (bicyclic) bond motifs is 2. The van der Waals surface area contributed by atoms with E-state index in [0.717, 1.165) is 33.0 Å². The Hall–Kier alpha value is -3.97. The van der Waals surface area contributed by atoms with Gasteiger partial charge in [-0.2, -0.15) is 0 Å². The lowest BCUT2D eigenvalue weighted by atomic mass is 10.1. The Morgan fingerprint density at radius 1 is 0.946 bits per heavy atom. The van der Waals surface area contributed by atoms with Gasteiger partial charge in [0.1, 0.15) is 5.82 Å². The van der Waals surface area contributed by atoms with Gasteiger partial charge in [0.15, 0.2) is 0 Å². The van der Waals surface area contributed by atoms with Crippen LogP contribution in [0.25, 0.3) is 27.4 Å². The largest absolute Gasteiger partial charge is 0.296 e. The fourth-order valence-electron chi connectivity index (χ4n) is 4.41. The van der Waals surface area contributed by atoms with Gasteiger partial charge in [0.2, 0.25) is 5.91 Å². The molecule has 0 unspecified atom stereocenters. The molecule has 1 N–H and O–H groups in total. The number of rotatable bonds is 8. The summed E-state index contributed by atoms with van der Waals surface area (Å²) in [5, 5.41) is 4.33. The van der Waals surface area contributed by atoms with Crippen LogP contribution in [0.1, 0.15) is 25.6 Å². The molecule has 1 heterocycles. The number of nitrogens with one attached hydrogen (secondary N) is 1. The Labute approximate surface area is 223 Å². The van der Waals surface area contributed by atoms with E-state index in [1.165, 1.54) is 0 Å². The lowest BCUT2D eigenvalue weighted by molar-refractivity contribution is -0.129. The number of halogens is 1. The summed E-state index contributed by atoms with van der Waals surface area (Å²) in [7, 11) is 0. The Kier molecular flexibility index (Phi) is 7.32. The first-order valence-corrected chi connectivity index (χ1v) is 13.2. The molecule has 0 saturated heterocycles. The van der Waals surface area contributed by atoms with Gasteiger partial charge in [0, 0.05) is 23.9 Å². The fourth-order valence-corrected chi connectivity index (χ4v) is 4.68. The molecule has 0 atom stereocenters. The Morgan fingerprint density at radius 2 is 1.68 bits per heavy atom. The highest BCUT2D eigenvalue weighted by atomic mass is 79.9. The standard InChI is InChI=1S/C30H27BrN4O2/c1-2-7-29(36)34(33-24-15-13-23(31)14-16-24)19-18-28-32-27-11-6-5-10-26(27)30(37)35(28)25-17-12-21-8-3-4-9-22(21)20-25/h3-6,8-17,20,33H,2,7,18-19H2,1H3. The fraction of sp³-hybridized carbons (Fsp3) is 0.167. The molecule has 6 nitrogen and oxygen atoms in total. The molecule has 0 bridgehead atoms. The van der Waals surface area contributed by atoms with Gasteiger partial charge in [-0.15, -0.1) is 0 Å². The van der Waals surface area contributed by atoms with E-state index in [4.69, 9.17) is 4.98 Å². The van der Waals surface area contributed by atoms with Crippen LogP contribution in [0.5, 0.6) is 0 Å². The van der Waals surface area contributed by atoms with Crippen molar-refractivity contribution in [2.75, 3.05) is 12.0 Å². The van der Waals surface area contributed by atoms with Crippen LogP contribution >= 0.6 is 15.9 Å². The molecule has 0 spiro atoms. The summed E-state index contributed by atoms with van der Waals surface area (Å²) in [6.07, 6.45) is 1.56. The number of para-hydroxylation sites is 1. The number of hydrazine groups is 1. The highest BCUT2D eigenvalue weighted by Crippen LogP contribution is 2.21. The van der Waals surface area contributed by atoms with Crippen molar-refractivity contribution in [3.63, 3.8) is 0 Å². The van der Waals surface area contributed by atoms with E-state index < -0.39 is 0 Å². The summed E-state index contributed by atoms with van der Waals surface area (Å²) < 4.78 is 2.64. The van der Waals surface area contributed by atoms with Gasteiger partial charge < -0.3 is 0 Å². The minimum absolute atomic E-state index is 0.00851. The number of carbonyl (C=O) groups excluding carboxylic acids is 1. The smallest absolute Gasteiger partial charge is 0.265 e. The van der Waals surface area contributed by atoms with E-state index in [0.29, 0.717) is 36.1 Å². The van der Waals surface area contributed by atoms with Crippen molar-refractivity contribution >= 4 is 49.2 Å². The van der Waals surface area contributed by atoms with Crippen LogP contribution in [0.4, 0.5) is 5.69 Å². The van der Waals surface area contributed by atoms with Crippen molar-refractivity contribution in [3.05, 3.63) is 112 Å². The number of nitrogens with zero attached hydrogens (tertiary/aromatic N) is 3. The Bertz CT molecular complexity index is 1630. The molecule has 0 radical (unpaired) electrons. The molecule has 0 aliphatic heterocycles. The molecule has 1 amide bonds. The SMILES string of the molecule is CCCC(=O)N(CCc1nc2ccccc2c(=O)n1-c1ccc2ccccc2c1)Nc1ccc(Br)cc1. The molecule has 0 aliphatic rings. The number of benzene rings is 4. The first-order chi connectivity index (χ1) is 18.0. The Balaban J connectivity index is 1.54. The number of hydrogen-bond donors (Lipinski definition) is 1. The summed E-state index contributed by atoms with van der Waals surface area (Å²) in [6, 6.07) is 29.1. The van der Waals surface area contributed by atoms with E-state index >= 15 is 0 Å². The molecule has 0 fully saturated rings. The zero-order chi connectivity index (χ0) is 25.8. The molecule has 5 rings (SSSR count). The predicted molar refractivity (Wildman–Crippen MR) is 153 cm³/mol. The van der Waals surface area contributed by atoms with Crippen molar-refractivity contribution < 1.29 is 4.79 Å². The van der Waals surface area contributed by atoms with Crippen molar-refractivity contribution in [2.24, 2.45) is 0 Å². The summed E-state index contributed by atoms with van der Waals surface area (Å²) in [5.74, 6) is 0.594. The first kappa shape index (κ1) is 24.7. The summed E-state index contributed by atoms with van der Waals surface area (Å²) in [6.45, 7) is 2.34. The molecule has 0 saturated carbocycles. The van der Waals surface area contributed by atoms with Crippen molar-refractivity contribution in [2.45, 2.75) is 26.2 Å². The molecule has 1 aromatic heterocycles. The van der Waals surface area contributed by atoms with Gasteiger partial charge in [0.25, 0.3) is 5.56 Å². The maximum atomic E-state index is 13.7. The minimum Gasteiger partial charge on any atom is -0.296 e. The third-order valence-corrected chi connectivity index (χ3v) is 6.80. The highest BCUT2D eigenvalue weighted by molar-refractivity contribution is 9.10. The quantitative estimate of drug-likeness (QED) is 0.222. The van der Waals surface area contributed by atoms with E-state index in [1.54, 1.807) is 15.6 Å². The monoisotopic (exact) mass is 554 g/mol. The van der Waals surface area contributed by atoms with Crippen LogP contribution in [0.2, 0.25) is 0 Å². The van der Waals surface area contributed by atoms with Crippen molar-refractivity contribution in [1.29, 1.82) is 0 Å². The number of carbonyl (C=O) groups is 1. The number of anilines is 1. The average Bonchev–Trinajstić information content (AvgIpc) is 2.92. The van der Waals surface area contributed by atoms with Crippen molar-refractivity contribution in [1.82, 2.24) is 14.6 Å². The average molecular weight is 555 g/mol. The summed E-state index contributed by atoms with van der Waals surface area (Å²) in [5.41, 5.74) is 5.33. The lowest BCUT2D eigenvalue weighted by Crippen LogP contribution is -2.38. The maximum absolute atomic E-state index is 13.7. The number of hydrogen-bond acceptors (Lipinski definition) is 4. The molecule has 186 valence electrons. The second kappa shape index (κ2) is 11.0. The lowest BCUT2D eigenvalue weighted by Gasteiger charge is -2.25. The van der Waals surface area contributed by atoms with E-state index in [2.05, 4.69) is 21.4 Å². The molecule has 37 heavy (non-hydrogen) atoms. The zero-order valence-corrected chi connectivity index (χ0v) is 22.1. The van der Waals surface area contributed by atoms with Crippen LogP contribution in [-0.4, -0.2) is 27.0 Å². The third kappa shape index (κ3) is 5.42. The molecule has 4 aromatic carbocycles. The van der Waals surface area contributed by atoms with Gasteiger partial charge >= 0.3 is 0 Å². The van der Waals surface area contributed by atoms with E-state index in [-0.39, 0.29) is 11.5 Å². The van der Waals surface area contributed by atoms with Crippen LogP contribution in [0, 0.1) is 0 Å². The van der Waals surface area contributed by atoms with Crippen LogP contribution in [0.15, 0.2) is 100 Å². The predicted octanol–water partition coefficient (Wildman–Crippen LogP) is 6.50. The van der Waals surface area contributed by atoms with Gasteiger partial charge in [-0.05, 0) is 65.7 Å². The van der Waals surface area contributed by atoms with Crippen LogP contribution in [-0.2, 0) is 11.2 Å². The molecular formula is C30H27BrN4O2. The molecular weight excluding hydrogens is 528 g/mol. The normalized spacial score (nSPS) is 11.1. The highest BCUT2D eigenvalue weighted by Gasteiger charge is 2.17. The van der Waals surface area contributed by atoms with Gasteiger partial charge in [-0.1, -0.05) is 65.3 Å². The second-order valence-corrected chi connectivity index (χ2v) is 9.80. The molecule has 0 aliphatic carbocycles. The van der Waals surface area contributed by atoms with Gasteiger partial charge in [-0.3, -0.25) is 24.6 Å². The summed E-state index contributed by atoms with van der Waals surface area (Å²) in [4.78, 5) is 31.6. The van der Waals surface area contributed by atoms with Gasteiger partial charge in [0.05, 0.1) is 22.3 Å². The van der Waals surface area contributed by atoms with Crippen molar-refractivity contribution in [3.8, 4) is 5.69 Å².